The van der Waals surface area contributed by atoms with Crippen LogP contribution in [0.3, 0.4) is 0 Å². The maximum atomic E-state index is 11.4. The van der Waals surface area contributed by atoms with E-state index in [0.29, 0.717) is 11.2 Å². The molecule has 6 nitrogen and oxygen atoms in total. The number of ether oxygens (including phenoxy) is 1. The molecule has 0 saturated carbocycles. The summed E-state index contributed by atoms with van der Waals surface area (Å²) in [7, 11) is 1.36. The molecule has 0 amide bonds. The molecule has 0 fully saturated rings. The van der Waals surface area contributed by atoms with Crippen molar-refractivity contribution in [1.29, 1.82) is 0 Å². The molecule has 0 bridgehead atoms. The zero-order valence-electron chi connectivity index (χ0n) is 11.7. The molecule has 6 heteroatoms. The number of nitrogen functional groups attached to an aromatic ring is 1. The Kier molecular flexibility index (Phi) is 3.06. The molecule has 0 aliphatic carbocycles. The van der Waals surface area contributed by atoms with Crippen molar-refractivity contribution in [3.63, 3.8) is 0 Å². The predicted octanol–water partition coefficient (Wildman–Crippen LogP) is 2.07. The first-order valence-electron chi connectivity index (χ1n) is 6.40. The fourth-order valence-corrected chi connectivity index (χ4v) is 2.25. The molecule has 0 unspecified atom stereocenters. The summed E-state index contributed by atoms with van der Waals surface area (Å²) in [4.78, 5) is 15.6. The van der Waals surface area contributed by atoms with Crippen molar-refractivity contribution in [2.45, 2.75) is 6.92 Å². The number of benzene rings is 1. The molecule has 1 aromatic carbocycles. The molecule has 2 N–H and O–H groups in total. The second-order valence-electron chi connectivity index (χ2n) is 4.71. The maximum absolute atomic E-state index is 11.4. The molecule has 2 aromatic heterocycles. The number of carbonyl (C=O) groups excluding carboxylic acids is 1. The third kappa shape index (κ3) is 2.31. The highest BCUT2D eigenvalue weighted by molar-refractivity contribution is 5.90. The first-order valence-corrected chi connectivity index (χ1v) is 6.40. The van der Waals surface area contributed by atoms with Crippen LogP contribution in [0.5, 0.6) is 0 Å². The monoisotopic (exact) mass is 282 g/mol. The van der Waals surface area contributed by atoms with Gasteiger partial charge in [-0.05, 0) is 36.2 Å². The van der Waals surface area contributed by atoms with Gasteiger partial charge in [0.2, 0.25) is 5.95 Å². The Bertz CT molecular complexity index is 822. The second-order valence-corrected chi connectivity index (χ2v) is 4.71. The van der Waals surface area contributed by atoms with Gasteiger partial charge in [-0.1, -0.05) is 12.1 Å². The lowest BCUT2D eigenvalue weighted by atomic mass is 10.0. The number of hydrogen-bond donors (Lipinski definition) is 1. The Labute approximate surface area is 121 Å². The molecule has 3 rings (SSSR count). The predicted molar refractivity (Wildman–Crippen MR) is 78.9 cm³/mol. The number of fused-ring (bicyclic) bond motifs is 1. The minimum Gasteiger partial charge on any atom is -0.465 e. The molecule has 0 spiro atoms. The normalized spacial score (nSPS) is 10.8. The lowest BCUT2D eigenvalue weighted by molar-refractivity contribution is 0.0601. The number of methoxy groups -OCH3 is 1. The molecule has 21 heavy (non-hydrogen) atoms. The van der Waals surface area contributed by atoms with Gasteiger partial charge in [0, 0.05) is 11.8 Å². The van der Waals surface area contributed by atoms with E-state index in [1.807, 2.05) is 31.3 Å². The molecular weight excluding hydrogens is 268 g/mol. The van der Waals surface area contributed by atoms with Crippen molar-refractivity contribution in [1.82, 2.24) is 14.6 Å². The topological polar surface area (TPSA) is 82.5 Å². The van der Waals surface area contributed by atoms with Gasteiger partial charge in [-0.25, -0.2) is 9.31 Å². The van der Waals surface area contributed by atoms with Crippen LogP contribution in [0.1, 0.15) is 15.9 Å². The summed E-state index contributed by atoms with van der Waals surface area (Å²) in [5, 5.41) is 4.11. The molecule has 0 saturated heterocycles. The van der Waals surface area contributed by atoms with E-state index in [9.17, 15) is 4.79 Å². The first-order chi connectivity index (χ1) is 10.1. The largest absolute Gasteiger partial charge is 0.465 e. The summed E-state index contributed by atoms with van der Waals surface area (Å²) in [5.74, 6) is -0.106. The average Bonchev–Trinajstić information content (AvgIpc) is 2.85. The van der Waals surface area contributed by atoms with Gasteiger partial charge in [-0.15, -0.1) is 5.10 Å². The Morgan fingerprint density at radius 2 is 2.00 bits per heavy atom. The van der Waals surface area contributed by atoms with Crippen LogP contribution in [-0.2, 0) is 4.74 Å². The van der Waals surface area contributed by atoms with Gasteiger partial charge in [0.15, 0.2) is 5.65 Å². The number of nitrogens with two attached hydrogens (primary N) is 1. The summed E-state index contributed by atoms with van der Waals surface area (Å²) in [5.41, 5.74) is 9.87. The maximum Gasteiger partial charge on any atom is 0.337 e. The lowest BCUT2D eigenvalue weighted by Crippen LogP contribution is -2.00. The molecule has 0 radical (unpaired) electrons. The zero-order chi connectivity index (χ0) is 15.0. The van der Waals surface area contributed by atoms with Crippen LogP contribution in [0.25, 0.3) is 16.8 Å². The fraction of sp³-hybridized carbons (Fsp3) is 0.133. The van der Waals surface area contributed by atoms with E-state index in [4.69, 9.17) is 10.5 Å². The second kappa shape index (κ2) is 4.90. The molecule has 3 aromatic rings. The van der Waals surface area contributed by atoms with Gasteiger partial charge in [0.1, 0.15) is 0 Å². The lowest BCUT2D eigenvalue weighted by Gasteiger charge is -2.07. The third-order valence-electron chi connectivity index (χ3n) is 3.31. The van der Waals surface area contributed by atoms with Crippen molar-refractivity contribution in [2.24, 2.45) is 0 Å². The van der Waals surface area contributed by atoms with E-state index in [2.05, 4.69) is 10.1 Å². The Hall–Kier alpha value is -2.89. The summed E-state index contributed by atoms with van der Waals surface area (Å²) < 4.78 is 6.34. The summed E-state index contributed by atoms with van der Waals surface area (Å²) in [6, 6.07) is 9.15. The minimum atomic E-state index is -0.349. The summed E-state index contributed by atoms with van der Waals surface area (Å²) in [6.07, 6.45) is 1.88. The van der Waals surface area contributed by atoms with Gasteiger partial charge in [0.05, 0.1) is 12.7 Å². The van der Waals surface area contributed by atoms with Gasteiger partial charge in [-0.2, -0.15) is 4.98 Å². The van der Waals surface area contributed by atoms with Crippen LogP contribution in [0, 0.1) is 6.92 Å². The summed E-state index contributed by atoms with van der Waals surface area (Å²) in [6.45, 7) is 1.99. The molecular formula is C15H14N4O2. The molecule has 106 valence electrons. The summed E-state index contributed by atoms with van der Waals surface area (Å²) >= 11 is 0. The van der Waals surface area contributed by atoms with Crippen LogP contribution in [0.2, 0.25) is 0 Å². The quantitative estimate of drug-likeness (QED) is 0.727. The molecule has 0 aliphatic rings. The van der Waals surface area contributed by atoms with Gasteiger partial charge in [0.25, 0.3) is 0 Å². The zero-order valence-corrected chi connectivity index (χ0v) is 11.7. The number of nitrogens with zero attached hydrogens (tertiary/aromatic N) is 3. The average molecular weight is 282 g/mol. The van der Waals surface area contributed by atoms with Crippen LogP contribution >= 0.6 is 0 Å². The Morgan fingerprint density at radius 1 is 1.29 bits per heavy atom. The number of carbonyl (C=O) groups is 1. The van der Waals surface area contributed by atoms with E-state index in [-0.39, 0.29) is 11.9 Å². The van der Waals surface area contributed by atoms with E-state index in [1.54, 1.807) is 16.6 Å². The van der Waals surface area contributed by atoms with E-state index >= 15 is 0 Å². The first kappa shape index (κ1) is 13.1. The fourth-order valence-electron chi connectivity index (χ4n) is 2.25. The van der Waals surface area contributed by atoms with Crippen molar-refractivity contribution in [3.8, 4) is 11.1 Å². The number of esters is 1. The number of anilines is 1. The molecule has 0 atom stereocenters. The van der Waals surface area contributed by atoms with Crippen molar-refractivity contribution >= 4 is 17.6 Å². The number of aromatic nitrogens is 3. The van der Waals surface area contributed by atoms with Crippen LogP contribution in [-0.4, -0.2) is 27.7 Å². The smallest absolute Gasteiger partial charge is 0.337 e. The van der Waals surface area contributed by atoms with E-state index in [1.165, 1.54) is 7.11 Å². The van der Waals surface area contributed by atoms with Crippen LogP contribution in [0.4, 0.5) is 5.95 Å². The van der Waals surface area contributed by atoms with E-state index in [0.717, 1.165) is 16.7 Å². The molecule has 2 heterocycles. The van der Waals surface area contributed by atoms with Crippen molar-refractivity contribution in [3.05, 3.63) is 47.7 Å². The highest BCUT2D eigenvalue weighted by atomic mass is 16.5. The number of rotatable bonds is 2. The minimum absolute atomic E-state index is 0.243. The third-order valence-corrected chi connectivity index (χ3v) is 3.31. The van der Waals surface area contributed by atoms with Crippen molar-refractivity contribution < 1.29 is 9.53 Å². The van der Waals surface area contributed by atoms with Gasteiger partial charge in [-0.3, -0.25) is 0 Å². The Morgan fingerprint density at radius 3 is 2.67 bits per heavy atom. The molecule has 0 aliphatic heterocycles. The number of pyridine rings is 1. The van der Waals surface area contributed by atoms with Gasteiger partial charge < -0.3 is 10.5 Å². The van der Waals surface area contributed by atoms with Gasteiger partial charge >= 0.3 is 5.97 Å². The SMILES string of the molecule is COC(=O)c1ccc(-c2cn3nc(N)nc3cc2C)cc1. The number of aryl methyl sites for hydroxylation is 1. The highest BCUT2D eigenvalue weighted by Crippen LogP contribution is 2.24. The standard InChI is InChI=1S/C15H14N4O2/c1-9-7-13-17-15(16)18-19(13)8-12(9)10-3-5-11(6-4-10)14(20)21-2/h3-8H,1-2H3,(H2,16,18). The van der Waals surface area contributed by atoms with Crippen LogP contribution < -0.4 is 5.73 Å². The van der Waals surface area contributed by atoms with Crippen LogP contribution in [0.15, 0.2) is 36.5 Å². The highest BCUT2D eigenvalue weighted by Gasteiger charge is 2.09. The Balaban J connectivity index is 2.07. The number of hydrogen-bond acceptors (Lipinski definition) is 5. The van der Waals surface area contributed by atoms with E-state index < -0.39 is 0 Å². The van der Waals surface area contributed by atoms with Crippen molar-refractivity contribution in [2.75, 3.05) is 12.8 Å².